The molecule has 0 aliphatic heterocycles. The monoisotopic (exact) mass is 377 g/mol. The van der Waals surface area contributed by atoms with E-state index in [9.17, 15) is 4.79 Å². The zero-order chi connectivity index (χ0) is 15.5. The molecule has 2 aromatic carbocycles. The van der Waals surface area contributed by atoms with Crippen LogP contribution < -0.4 is 5.32 Å². The number of para-hydroxylation sites is 1. The summed E-state index contributed by atoms with van der Waals surface area (Å²) in [6.07, 6.45) is 0. The summed E-state index contributed by atoms with van der Waals surface area (Å²) in [5.74, 6) is -0.325. The van der Waals surface area contributed by atoms with E-state index in [1.807, 2.05) is 18.2 Å². The molecule has 0 aliphatic rings. The van der Waals surface area contributed by atoms with Crippen molar-refractivity contribution in [3.05, 3.63) is 63.9 Å². The fourth-order valence-corrected chi connectivity index (χ4v) is 2.27. The van der Waals surface area contributed by atoms with E-state index < -0.39 is 5.91 Å². The van der Waals surface area contributed by atoms with E-state index in [1.54, 1.807) is 30.3 Å². The molecule has 1 amide bonds. The highest BCUT2D eigenvalue weighted by atomic mass is 79.9. The van der Waals surface area contributed by atoms with Crippen molar-refractivity contribution in [3.63, 3.8) is 0 Å². The molecule has 0 saturated heterocycles. The minimum Gasteiger partial charge on any atom is -0.412 e. The lowest BCUT2D eigenvalue weighted by molar-refractivity contribution is 0.0991. The lowest BCUT2D eigenvalue weighted by Crippen LogP contribution is -2.12. The van der Waals surface area contributed by atoms with Gasteiger partial charge in [0.1, 0.15) is 0 Å². The summed E-state index contributed by atoms with van der Waals surface area (Å²) >= 11 is 9.18. The minimum absolute atomic E-state index is 0.110. The summed E-state index contributed by atoms with van der Waals surface area (Å²) in [7, 11) is 0. The van der Waals surface area contributed by atoms with Crippen LogP contribution in [0.2, 0.25) is 5.02 Å². The maximum atomic E-state index is 12.1. The Labute approximate surface area is 139 Å². The molecular formula is C15H9BrClN3O2. The van der Waals surface area contributed by atoms with E-state index >= 15 is 0 Å². The second kappa shape index (κ2) is 6.29. The van der Waals surface area contributed by atoms with Gasteiger partial charge in [0.15, 0.2) is 0 Å². The van der Waals surface area contributed by atoms with Crippen molar-refractivity contribution in [2.24, 2.45) is 0 Å². The van der Waals surface area contributed by atoms with Crippen LogP contribution in [0.15, 0.2) is 57.4 Å². The minimum atomic E-state index is -0.473. The van der Waals surface area contributed by atoms with Crippen LogP contribution in [0.3, 0.4) is 0 Å². The molecule has 7 heteroatoms. The lowest BCUT2D eigenvalue weighted by atomic mass is 10.2. The molecule has 0 saturated carbocycles. The topological polar surface area (TPSA) is 68.0 Å². The predicted octanol–water partition coefficient (Wildman–Crippen LogP) is 4.40. The summed E-state index contributed by atoms with van der Waals surface area (Å²) in [5, 5.41) is 10.9. The third-order valence-electron chi connectivity index (χ3n) is 2.83. The predicted molar refractivity (Wildman–Crippen MR) is 86.8 cm³/mol. The van der Waals surface area contributed by atoms with Crippen molar-refractivity contribution in [3.8, 4) is 11.5 Å². The van der Waals surface area contributed by atoms with Crippen LogP contribution in [0.25, 0.3) is 11.5 Å². The van der Waals surface area contributed by atoms with Crippen molar-refractivity contribution in [2.75, 3.05) is 5.32 Å². The molecule has 0 fully saturated rings. The first kappa shape index (κ1) is 14.7. The molecule has 0 atom stereocenters. The smallest absolute Gasteiger partial charge is 0.313 e. The number of hydrogen-bond donors (Lipinski definition) is 1. The van der Waals surface area contributed by atoms with Crippen LogP contribution >= 0.6 is 27.5 Å². The fraction of sp³-hybridized carbons (Fsp3) is 0. The van der Waals surface area contributed by atoms with Crippen molar-refractivity contribution in [1.82, 2.24) is 10.2 Å². The third-order valence-corrected chi connectivity index (χ3v) is 3.78. The first-order chi connectivity index (χ1) is 10.6. The Balaban J connectivity index is 1.80. The molecule has 22 heavy (non-hydrogen) atoms. The van der Waals surface area contributed by atoms with Gasteiger partial charge in [-0.1, -0.05) is 23.7 Å². The number of hydrogen-bond acceptors (Lipinski definition) is 4. The van der Waals surface area contributed by atoms with E-state index in [-0.39, 0.29) is 11.8 Å². The Hall–Kier alpha value is -2.18. The zero-order valence-corrected chi connectivity index (χ0v) is 13.4. The molecule has 0 spiro atoms. The number of carbonyl (C=O) groups excluding carboxylic acids is 1. The van der Waals surface area contributed by atoms with Gasteiger partial charge < -0.3 is 9.73 Å². The van der Waals surface area contributed by atoms with Crippen LogP contribution in [0.1, 0.15) is 10.7 Å². The van der Waals surface area contributed by atoms with Crippen LogP contribution in [0.5, 0.6) is 0 Å². The second-order valence-corrected chi connectivity index (χ2v) is 5.64. The molecule has 3 aromatic rings. The zero-order valence-electron chi connectivity index (χ0n) is 11.1. The molecule has 0 aliphatic carbocycles. The quantitative estimate of drug-likeness (QED) is 0.733. The lowest BCUT2D eigenvalue weighted by Gasteiger charge is -2.03. The molecule has 0 bridgehead atoms. The van der Waals surface area contributed by atoms with Crippen molar-refractivity contribution in [2.45, 2.75) is 0 Å². The van der Waals surface area contributed by atoms with Gasteiger partial charge in [-0.2, -0.15) is 0 Å². The van der Waals surface area contributed by atoms with Crippen LogP contribution in [0.4, 0.5) is 5.69 Å². The summed E-state index contributed by atoms with van der Waals surface area (Å²) in [5.41, 5.74) is 1.32. The number of benzene rings is 2. The number of rotatable bonds is 3. The molecule has 0 unspecified atom stereocenters. The maximum absolute atomic E-state index is 12.1. The van der Waals surface area contributed by atoms with E-state index in [0.29, 0.717) is 16.3 Å². The van der Waals surface area contributed by atoms with Gasteiger partial charge in [-0.15, -0.1) is 10.2 Å². The summed E-state index contributed by atoms with van der Waals surface area (Å²) in [4.78, 5) is 12.1. The first-order valence-electron chi connectivity index (χ1n) is 6.29. The number of nitrogens with zero attached hydrogens (tertiary/aromatic N) is 2. The second-order valence-electron chi connectivity index (χ2n) is 4.35. The average Bonchev–Trinajstić information content (AvgIpc) is 3.00. The van der Waals surface area contributed by atoms with Crippen LogP contribution in [0, 0.1) is 0 Å². The number of nitrogens with one attached hydrogen (secondary N) is 1. The molecule has 1 N–H and O–H groups in total. The highest BCUT2D eigenvalue weighted by Crippen LogP contribution is 2.23. The largest absolute Gasteiger partial charge is 0.412 e. The standard InChI is InChI=1S/C15H9BrClN3O2/c16-11-3-1-2-4-12(11)18-13(21)15-20-19-14(22-15)9-5-7-10(17)8-6-9/h1-8H,(H,18,21). The fourth-order valence-electron chi connectivity index (χ4n) is 1.76. The highest BCUT2D eigenvalue weighted by molar-refractivity contribution is 9.10. The average molecular weight is 379 g/mol. The summed E-state index contributed by atoms with van der Waals surface area (Å²) < 4.78 is 6.16. The van der Waals surface area contributed by atoms with Gasteiger partial charge in [-0.3, -0.25) is 4.79 Å². The first-order valence-corrected chi connectivity index (χ1v) is 7.46. The van der Waals surface area contributed by atoms with Gasteiger partial charge in [0, 0.05) is 15.1 Å². The van der Waals surface area contributed by atoms with Gasteiger partial charge >= 0.3 is 11.8 Å². The molecule has 5 nitrogen and oxygen atoms in total. The molecule has 1 aromatic heterocycles. The van der Waals surface area contributed by atoms with Gasteiger partial charge in [0.05, 0.1) is 5.69 Å². The Morgan fingerprint density at radius 3 is 2.55 bits per heavy atom. The normalized spacial score (nSPS) is 10.5. The number of halogens is 2. The van der Waals surface area contributed by atoms with Crippen molar-refractivity contribution < 1.29 is 9.21 Å². The van der Waals surface area contributed by atoms with E-state index in [4.69, 9.17) is 16.0 Å². The molecule has 110 valence electrons. The molecule has 0 radical (unpaired) electrons. The Bertz CT molecular complexity index is 818. The Morgan fingerprint density at radius 2 is 1.82 bits per heavy atom. The third kappa shape index (κ3) is 3.18. The van der Waals surface area contributed by atoms with E-state index in [1.165, 1.54) is 0 Å². The maximum Gasteiger partial charge on any atom is 0.313 e. The summed E-state index contributed by atoms with van der Waals surface area (Å²) in [6, 6.07) is 14.2. The van der Waals surface area contributed by atoms with E-state index in [2.05, 4.69) is 31.4 Å². The number of aromatic nitrogens is 2. The van der Waals surface area contributed by atoms with Gasteiger partial charge in [0.2, 0.25) is 5.89 Å². The van der Waals surface area contributed by atoms with Gasteiger partial charge in [0.25, 0.3) is 0 Å². The highest BCUT2D eigenvalue weighted by Gasteiger charge is 2.16. The van der Waals surface area contributed by atoms with Crippen molar-refractivity contribution >= 4 is 39.1 Å². The SMILES string of the molecule is O=C(Nc1ccccc1Br)c1nnc(-c2ccc(Cl)cc2)o1. The number of anilines is 1. The van der Waals surface area contributed by atoms with E-state index in [0.717, 1.165) is 4.47 Å². The van der Waals surface area contributed by atoms with Crippen LogP contribution in [-0.2, 0) is 0 Å². The van der Waals surface area contributed by atoms with Crippen molar-refractivity contribution in [1.29, 1.82) is 0 Å². The Kier molecular flexibility index (Phi) is 4.22. The van der Waals surface area contributed by atoms with Gasteiger partial charge in [-0.25, -0.2) is 0 Å². The Morgan fingerprint density at radius 1 is 1.09 bits per heavy atom. The molecular weight excluding hydrogens is 370 g/mol. The summed E-state index contributed by atoms with van der Waals surface area (Å²) in [6.45, 7) is 0. The number of amides is 1. The molecule has 3 rings (SSSR count). The molecule has 1 heterocycles. The van der Waals surface area contributed by atoms with Gasteiger partial charge in [-0.05, 0) is 52.3 Å². The van der Waals surface area contributed by atoms with Crippen LogP contribution in [-0.4, -0.2) is 16.1 Å². The number of carbonyl (C=O) groups is 1.